The van der Waals surface area contributed by atoms with Crippen LogP contribution in [0.25, 0.3) is 11.2 Å². The van der Waals surface area contributed by atoms with Crippen molar-refractivity contribution in [3.8, 4) is 5.88 Å². The van der Waals surface area contributed by atoms with Crippen LogP contribution in [0.5, 0.6) is 5.88 Å². The van der Waals surface area contributed by atoms with Crippen molar-refractivity contribution in [1.82, 2.24) is 33.8 Å². The zero-order chi connectivity index (χ0) is 21.4. The molecular weight excluding hydrogens is 390 g/mol. The van der Waals surface area contributed by atoms with Crippen LogP contribution in [-0.2, 0) is 25.4 Å². The third-order valence-corrected chi connectivity index (χ3v) is 5.31. The minimum atomic E-state index is -0.476. The van der Waals surface area contributed by atoms with Gasteiger partial charge in [-0.15, -0.1) is 5.10 Å². The molecule has 1 unspecified atom stereocenters. The summed E-state index contributed by atoms with van der Waals surface area (Å²) in [6, 6.07) is 3.59. The minimum absolute atomic E-state index is 0.0407. The van der Waals surface area contributed by atoms with Gasteiger partial charge in [-0.1, -0.05) is 0 Å². The molecule has 1 amide bonds. The summed E-state index contributed by atoms with van der Waals surface area (Å²) in [7, 11) is 2.95. The molecule has 4 heterocycles. The minimum Gasteiger partial charge on any atom is -0.471 e. The van der Waals surface area contributed by atoms with Gasteiger partial charge in [-0.3, -0.25) is 18.7 Å². The Morgan fingerprint density at radius 2 is 2.00 bits per heavy atom. The zero-order valence-electron chi connectivity index (χ0n) is 17.1. The first kappa shape index (κ1) is 19.8. The van der Waals surface area contributed by atoms with Crippen molar-refractivity contribution >= 4 is 17.1 Å². The average Bonchev–Trinajstić information content (AvgIpc) is 3.16. The number of rotatable bonds is 4. The lowest BCUT2D eigenvalue weighted by molar-refractivity contribution is -0.134. The standard InChI is InChI=1S/C19H23N7O4/c1-12-6-7-14(22-21-12)30-13-5-4-8-25(9-13)15(27)10-26-11-20-17-16(26)18(28)24(3)19(29)23(17)2/h6-7,11,13H,4-5,8-10H2,1-3H3. The topological polar surface area (TPSA) is 117 Å². The lowest BCUT2D eigenvalue weighted by atomic mass is 10.1. The van der Waals surface area contributed by atoms with E-state index < -0.39 is 11.2 Å². The number of amides is 1. The monoisotopic (exact) mass is 413 g/mol. The molecule has 3 aromatic heterocycles. The van der Waals surface area contributed by atoms with Crippen LogP contribution in [0.3, 0.4) is 0 Å². The molecule has 0 saturated carbocycles. The second kappa shape index (κ2) is 7.73. The van der Waals surface area contributed by atoms with E-state index in [1.54, 1.807) is 18.0 Å². The molecule has 3 aromatic rings. The van der Waals surface area contributed by atoms with Crippen LogP contribution >= 0.6 is 0 Å². The Bertz CT molecular complexity index is 1210. The Balaban J connectivity index is 1.50. The van der Waals surface area contributed by atoms with Gasteiger partial charge in [0.25, 0.3) is 5.56 Å². The highest BCUT2D eigenvalue weighted by molar-refractivity contribution is 5.79. The molecule has 1 aliphatic rings. The van der Waals surface area contributed by atoms with E-state index in [2.05, 4.69) is 15.2 Å². The van der Waals surface area contributed by atoms with E-state index in [0.29, 0.717) is 19.0 Å². The lowest BCUT2D eigenvalue weighted by Crippen LogP contribution is -2.45. The number of carbonyl (C=O) groups excluding carboxylic acids is 1. The van der Waals surface area contributed by atoms with Gasteiger partial charge in [0, 0.05) is 26.7 Å². The van der Waals surface area contributed by atoms with Gasteiger partial charge in [-0.2, -0.15) is 5.10 Å². The highest BCUT2D eigenvalue weighted by atomic mass is 16.5. The molecule has 11 heteroatoms. The van der Waals surface area contributed by atoms with Crippen molar-refractivity contribution in [2.45, 2.75) is 32.4 Å². The molecule has 1 fully saturated rings. The number of ether oxygens (including phenoxy) is 1. The molecule has 1 aliphatic heterocycles. The second-order valence-electron chi connectivity index (χ2n) is 7.49. The van der Waals surface area contributed by atoms with Gasteiger partial charge >= 0.3 is 5.69 Å². The number of aromatic nitrogens is 6. The number of piperidine rings is 1. The van der Waals surface area contributed by atoms with Gasteiger partial charge in [-0.25, -0.2) is 9.78 Å². The summed E-state index contributed by atoms with van der Waals surface area (Å²) in [6.07, 6.45) is 2.86. The number of hydrogen-bond donors (Lipinski definition) is 0. The van der Waals surface area contributed by atoms with Crippen LogP contribution < -0.4 is 16.0 Å². The normalized spacial score (nSPS) is 16.8. The zero-order valence-corrected chi connectivity index (χ0v) is 17.1. The summed E-state index contributed by atoms with van der Waals surface area (Å²) in [5, 5.41) is 8.00. The lowest BCUT2D eigenvalue weighted by Gasteiger charge is -2.32. The van der Waals surface area contributed by atoms with Crippen LogP contribution in [0.15, 0.2) is 28.0 Å². The molecule has 0 spiro atoms. The number of carbonyl (C=O) groups is 1. The fourth-order valence-electron chi connectivity index (χ4n) is 3.64. The largest absolute Gasteiger partial charge is 0.471 e. The highest BCUT2D eigenvalue weighted by Crippen LogP contribution is 2.17. The molecule has 0 radical (unpaired) electrons. The quantitative estimate of drug-likeness (QED) is 0.571. The van der Waals surface area contributed by atoms with Crippen LogP contribution in [-0.4, -0.2) is 58.9 Å². The Morgan fingerprint density at radius 3 is 2.73 bits per heavy atom. The Kier molecular flexibility index (Phi) is 5.10. The van der Waals surface area contributed by atoms with Crippen molar-refractivity contribution in [2.24, 2.45) is 14.1 Å². The van der Waals surface area contributed by atoms with Gasteiger partial charge in [-0.05, 0) is 25.8 Å². The maximum absolute atomic E-state index is 12.9. The third kappa shape index (κ3) is 3.58. The van der Waals surface area contributed by atoms with Gasteiger partial charge in [0.05, 0.1) is 18.6 Å². The Morgan fingerprint density at radius 1 is 1.20 bits per heavy atom. The summed E-state index contributed by atoms with van der Waals surface area (Å²) in [6.45, 7) is 2.85. The Labute approximate surface area is 171 Å². The van der Waals surface area contributed by atoms with E-state index in [1.165, 1.54) is 22.5 Å². The maximum atomic E-state index is 12.9. The van der Waals surface area contributed by atoms with Crippen molar-refractivity contribution in [3.63, 3.8) is 0 Å². The number of fused-ring (bicyclic) bond motifs is 1. The SMILES string of the molecule is Cc1ccc(OC2CCCN(C(=O)Cn3cnc4c3c(=O)n(C)c(=O)n4C)C2)nn1. The molecular formula is C19H23N7O4. The summed E-state index contributed by atoms with van der Waals surface area (Å²) in [5.74, 6) is 0.290. The van der Waals surface area contributed by atoms with Crippen LogP contribution in [0.1, 0.15) is 18.5 Å². The Hall–Kier alpha value is -3.50. The first-order valence-electron chi connectivity index (χ1n) is 9.70. The van der Waals surface area contributed by atoms with Gasteiger partial charge in [0.1, 0.15) is 12.6 Å². The van der Waals surface area contributed by atoms with E-state index in [0.717, 1.165) is 23.1 Å². The first-order chi connectivity index (χ1) is 14.3. The summed E-state index contributed by atoms with van der Waals surface area (Å²) >= 11 is 0. The first-order valence-corrected chi connectivity index (χ1v) is 9.70. The highest BCUT2D eigenvalue weighted by Gasteiger charge is 2.26. The van der Waals surface area contributed by atoms with E-state index >= 15 is 0 Å². The second-order valence-corrected chi connectivity index (χ2v) is 7.49. The molecule has 4 rings (SSSR count). The number of nitrogens with zero attached hydrogens (tertiary/aromatic N) is 7. The van der Waals surface area contributed by atoms with Crippen LogP contribution in [0.4, 0.5) is 0 Å². The van der Waals surface area contributed by atoms with Gasteiger partial charge in [0.2, 0.25) is 11.8 Å². The van der Waals surface area contributed by atoms with E-state index in [4.69, 9.17) is 4.74 Å². The summed E-state index contributed by atoms with van der Waals surface area (Å²) < 4.78 is 9.69. The maximum Gasteiger partial charge on any atom is 0.332 e. The van der Waals surface area contributed by atoms with Crippen molar-refractivity contribution in [3.05, 3.63) is 45.0 Å². The molecule has 0 aliphatic carbocycles. The fraction of sp³-hybridized carbons (Fsp3) is 0.474. The van der Waals surface area contributed by atoms with Crippen molar-refractivity contribution in [1.29, 1.82) is 0 Å². The molecule has 0 bridgehead atoms. The van der Waals surface area contributed by atoms with Crippen molar-refractivity contribution in [2.75, 3.05) is 13.1 Å². The molecule has 30 heavy (non-hydrogen) atoms. The molecule has 11 nitrogen and oxygen atoms in total. The van der Waals surface area contributed by atoms with Crippen molar-refractivity contribution < 1.29 is 9.53 Å². The fourth-order valence-corrected chi connectivity index (χ4v) is 3.64. The van der Waals surface area contributed by atoms with E-state index in [1.807, 2.05) is 13.0 Å². The molecule has 158 valence electrons. The number of likely N-dealkylation sites (tertiary alicyclic amines) is 1. The summed E-state index contributed by atoms with van der Waals surface area (Å²) in [4.78, 5) is 43.4. The number of hydrogen-bond acceptors (Lipinski definition) is 7. The van der Waals surface area contributed by atoms with Gasteiger partial charge in [0.15, 0.2) is 11.2 Å². The van der Waals surface area contributed by atoms with E-state index in [9.17, 15) is 14.4 Å². The van der Waals surface area contributed by atoms with E-state index in [-0.39, 0.29) is 29.7 Å². The smallest absolute Gasteiger partial charge is 0.332 e. The molecule has 0 N–H and O–H groups in total. The molecule has 0 aromatic carbocycles. The predicted molar refractivity (Wildman–Crippen MR) is 107 cm³/mol. The predicted octanol–water partition coefficient (Wildman–Crippen LogP) is -0.398. The number of imidazole rings is 1. The van der Waals surface area contributed by atoms with Gasteiger partial charge < -0.3 is 14.2 Å². The third-order valence-electron chi connectivity index (χ3n) is 5.31. The van der Waals surface area contributed by atoms with Crippen LogP contribution in [0, 0.1) is 6.92 Å². The summed E-state index contributed by atoms with van der Waals surface area (Å²) in [5.41, 5.74) is 0.357. The molecule has 1 saturated heterocycles. The molecule has 1 atom stereocenters. The van der Waals surface area contributed by atoms with Crippen LogP contribution in [0.2, 0.25) is 0 Å². The number of aryl methyl sites for hydroxylation is 2. The average molecular weight is 413 g/mol.